The zero-order valence-electron chi connectivity index (χ0n) is 12.3. The van der Waals surface area contributed by atoms with Crippen LogP contribution in [0.15, 0.2) is 36.9 Å². The van der Waals surface area contributed by atoms with E-state index in [4.69, 9.17) is 4.74 Å². The molecular weight excluding hydrogens is 298 g/mol. The standard InChI is InChI=1S/C15H15N5O3/c21-14-7-23-13-6-19(5-12(13)18-14)15(22)10-2-1-3-11(4-10)20-8-16-17-9-20/h1-4,8-9,12-13H,5-7H2,(H,18,21)/t12-,13-/m0/s1. The first-order valence-corrected chi connectivity index (χ1v) is 7.36. The van der Waals surface area contributed by atoms with Gasteiger partial charge in [-0.3, -0.25) is 14.2 Å². The van der Waals surface area contributed by atoms with E-state index in [1.165, 1.54) is 0 Å². The lowest BCUT2D eigenvalue weighted by Gasteiger charge is -2.24. The highest BCUT2D eigenvalue weighted by Gasteiger charge is 2.40. The van der Waals surface area contributed by atoms with Gasteiger partial charge >= 0.3 is 0 Å². The van der Waals surface area contributed by atoms with Gasteiger partial charge in [0.25, 0.3) is 5.91 Å². The molecule has 0 saturated carbocycles. The number of carbonyl (C=O) groups excluding carboxylic acids is 2. The van der Waals surface area contributed by atoms with E-state index in [-0.39, 0.29) is 30.6 Å². The van der Waals surface area contributed by atoms with Crippen molar-refractivity contribution in [1.82, 2.24) is 25.0 Å². The van der Waals surface area contributed by atoms with Crippen LogP contribution in [0.1, 0.15) is 10.4 Å². The zero-order valence-corrected chi connectivity index (χ0v) is 12.3. The van der Waals surface area contributed by atoms with E-state index < -0.39 is 0 Å². The van der Waals surface area contributed by atoms with Gasteiger partial charge in [-0.15, -0.1) is 10.2 Å². The second-order valence-electron chi connectivity index (χ2n) is 5.65. The highest BCUT2D eigenvalue weighted by Crippen LogP contribution is 2.20. The smallest absolute Gasteiger partial charge is 0.254 e. The molecule has 3 heterocycles. The molecular formula is C15H15N5O3. The molecule has 2 aliphatic rings. The third kappa shape index (κ3) is 2.57. The Balaban J connectivity index is 1.54. The van der Waals surface area contributed by atoms with Crippen LogP contribution in [0.25, 0.3) is 5.69 Å². The number of likely N-dealkylation sites (tertiary alicyclic amines) is 1. The molecule has 0 radical (unpaired) electrons. The fourth-order valence-electron chi connectivity index (χ4n) is 2.99. The first-order chi connectivity index (χ1) is 11.2. The van der Waals surface area contributed by atoms with Crippen LogP contribution < -0.4 is 5.32 Å². The van der Waals surface area contributed by atoms with Gasteiger partial charge in [-0.1, -0.05) is 6.07 Å². The van der Waals surface area contributed by atoms with Gasteiger partial charge in [0, 0.05) is 24.3 Å². The summed E-state index contributed by atoms with van der Waals surface area (Å²) in [5.74, 6) is -0.206. The lowest BCUT2D eigenvalue weighted by molar-refractivity contribution is -0.134. The molecule has 2 aromatic rings. The maximum Gasteiger partial charge on any atom is 0.254 e. The van der Waals surface area contributed by atoms with Gasteiger partial charge in [0.15, 0.2) is 0 Å². The molecule has 23 heavy (non-hydrogen) atoms. The summed E-state index contributed by atoms with van der Waals surface area (Å²) < 4.78 is 7.23. The van der Waals surface area contributed by atoms with Crippen LogP contribution in [0.2, 0.25) is 0 Å². The van der Waals surface area contributed by atoms with Gasteiger partial charge in [0.2, 0.25) is 5.91 Å². The summed E-state index contributed by atoms with van der Waals surface area (Å²) in [5, 5.41) is 10.4. The minimum atomic E-state index is -0.129. The molecule has 1 aromatic carbocycles. The summed E-state index contributed by atoms with van der Waals surface area (Å²) in [6.07, 6.45) is 3.03. The highest BCUT2D eigenvalue weighted by molar-refractivity contribution is 5.95. The molecule has 118 valence electrons. The van der Waals surface area contributed by atoms with Crippen molar-refractivity contribution in [2.45, 2.75) is 12.1 Å². The lowest BCUT2D eigenvalue weighted by Crippen LogP contribution is -2.50. The van der Waals surface area contributed by atoms with E-state index in [9.17, 15) is 9.59 Å². The Morgan fingerprint density at radius 1 is 1.26 bits per heavy atom. The second kappa shape index (κ2) is 5.47. The Morgan fingerprint density at radius 2 is 2.09 bits per heavy atom. The topological polar surface area (TPSA) is 89.4 Å². The number of ether oxygens (including phenoxy) is 1. The summed E-state index contributed by atoms with van der Waals surface area (Å²) in [5.41, 5.74) is 1.41. The number of morpholine rings is 1. The number of benzene rings is 1. The Morgan fingerprint density at radius 3 is 2.91 bits per heavy atom. The van der Waals surface area contributed by atoms with Crippen molar-refractivity contribution < 1.29 is 14.3 Å². The maximum atomic E-state index is 12.7. The predicted octanol–water partition coefficient (Wildman–Crippen LogP) is -0.393. The molecule has 2 fully saturated rings. The van der Waals surface area contributed by atoms with Crippen LogP contribution in [-0.2, 0) is 9.53 Å². The van der Waals surface area contributed by atoms with E-state index in [1.807, 2.05) is 12.1 Å². The first kappa shape index (κ1) is 13.9. The molecule has 4 rings (SSSR count). The first-order valence-electron chi connectivity index (χ1n) is 7.36. The Hall–Kier alpha value is -2.74. The minimum absolute atomic E-state index is 0.0618. The van der Waals surface area contributed by atoms with Crippen LogP contribution in [0, 0.1) is 0 Å². The van der Waals surface area contributed by atoms with Crippen molar-refractivity contribution in [1.29, 1.82) is 0 Å². The van der Waals surface area contributed by atoms with Gasteiger partial charge in [0.05, 0.1) is 12.1 Å². The van der Waals surface area contributed by atoms with Crippen LogP contribution >= 0.6 is 0 Å². The quantitative estimate of drug-likeness (QED) is 0.815. The molecule has 2 atom stereocenters. The van der Waals surface area contributed by atoms with Crippen LogP contribution in [0.4, 0.5) is 0 Å². The van der Waals surface area contributed by atoms with Gasteiger partial charge in [-0.2, -0.15) is 0 Å². The number of rotatable bonds is 2. The normalized spacial score (nSPS) is 23.5. The van der Waals surface area contributed by atoms with E-state index >= 15 is 0 Å². The van der Waals surface area contributed by atoms with Crippen molar-refractivity contribution in [2.75, 3.05) is 19.7 Å². The van der Waals surface area contributed by atoms with Gasteiger partial charge in [0.1, 0.15) is 19.3 Å². The molecule has 8 nitrogen and oxygen atoms in total. The monoisotopic (exact) mass is 313 g/mol. The largest absolute Gasteiger partial charge is 0.364 e. The van der Waals surface area contributed by atoms with Crippen molar-refractivity contribution in [3.63, 3.8) is 0 Å². The Kier molecular flexibility index (Phi) is 3.30. The zero-order chi connectivity index (χ0) is 15.8. The third-order valence-corrected chi connectivity index (χ3v) is 4.14. The summed E-state index contributed by atoms with van der Waals surface area (Å²) >= 11 is 0. The fraction of sp³-hybridized carbons (Fsp3) is 0.333. The number of nitrogens with one attached hydrogen (secondary N) is 1. The predicted molar refractivity (Wildman–Crippen MR) is 78.9 cm³/mol. The average molecular weight is 313 g/mol. The van der Waals surface area contributed by atoms with Crippen LogP contribution in [0.5, 0.6) is 0 Å². The van der Waals surface area contributed by atoms with Crippen molar-refractivity contribution in [2.24, 2.45) is 0 Å². The van der Waals surface area contributed by atoms with E-state index in [2.05, 4.69) is 15.5 Å². The van der Waals surface area contributed by atoms with Gasteiger partial charge < -0.3 is 15.0 Å². The number of nitrogens with zero attached hydrogens (tertiary/aromatic N) is 4. The number of amides is 2. The minimum Gasteiger partial charge on any atom is -0.364 e. The van der Waals surface area contributed by atoms with Crippen molar-refractivity contribution in [3.8, 4) is 5.69 Å². The molecule has 2 amide bonds. The molecule has 2 saturated heterocycles. The van der Waals surface area contributed by atoms with Crippen molar-refractivity contribution in [3.05, 3.63) is 42.5 Å². The highest BCUT2D eigenvalue weighted by atomic mass is 16.5. The van der Waals surface area contributed by atoms with E-state index in [1.54, 1.807) is 34.3 Å². The fourth-order valence-corrected chi connectivity index (χ4v) is 2.99. The number of carbonyl (C=O) groups is 2. The second-order valence-corrected chi connectivity index (χ2v) is 5.65. The number of hydrogen-bond donors (Lipinski definition) is 1. The molecule has 0 spiro atoms. The number of fused-ring (bicyclic) bond motifs is 1. The summed E-state index contributed by atoms with van der Waals surface area (Å²) in [6, 6.07) is 7.16. The SMILES string of the molecule is O=C1CO[C@H]2CN(C(=O)c3cccc(-n4cnnc4)c3)C[C@@H]2N1. The molecule has 1 aromatic heterocycles. The Labute approximate surface area is 132 Å². The van der Waals surface area contributed by atoms with Crippen LogP contribution in [-0.4, -0.2) is 63.3 Å². The molecule has 2 aliphatic heterocycles. The molecule has 0 bridgehead atoms. The van der Waals surface area contributed by atoms with Crippen molar-refractivity contribution >= 4 is 11.8 Å². The Bertz CT molecular complexity index is 745. The van der Waals surface area contributed by atoms with E-state index in [0.29, 0.717) is 18.7 Å². The summed E-state index contributed by atoms with van der Waals surface area (Å²) in [7, 11) is 0. The van der Waals surface area contributed by atoms with E-state index in [0.717, 1.165) is 5.69 Å². The maximum absolute atomic E-state index is 12.7. The molecule has 8 heteroatoms. The summed E-state index contributed by atoms with van der Waals surface area (Å²) in [4.78, 5) is 25.8. The van der Waals surface area contributed by atoms with Gasteiger partial charge in [-0.25, -0.2) is 0 Å². The number of aromatic nitrogens is 3. The molecule has 0 unspecified atom stereocenters. The summed E-state index contributed by atoms with van der Waals surface area (Å²) in [6.45, 7) is 1.01. The van der Waals surface area contributed by atoms with Crippen LogP contribution in [0.3, 0.4) is 0 Å². The average Bonchev–Trinajstić information content (AvgIpc) is 3.23. The van der Waals surface area contributed by atoms with Gasteiger partial charge in [-0.05, 0) is 18.2 Å². The third-order valence-electron chi connectivity index (χ3n) is 4.14. The lowest BCUT2D eigenvalue weighted by atomic mass is 10.1. The molecule has 0 aliphatic carbocycles. The number of hydrogen-bond acceptors (Lipinski definition) is 5. The molecule has 1 N–H and O–H groups in total.